The third kappa shape index (κ3) is 4.10. The van der Waals surface area contributed by atoms with Crippen LogP contribution in [0.5, 0.6) is 0 Å². The number of thiophene rings is 1. The third-order valence-electron chi connectivity index (χ3n) is 9.44. The minimum atomic E-state index is 0.936. The Kier molecular flexibility index (Phi) is 5.78. The Balaban J connectivity index is 1.12. The third-order valence-corrected chi connectivity index (χ3v) is 10.7. The highest BCUT2D eigenvalue weighted by Crippen LogP contribution is 2.46. The number of hydrogen-bond acceptors (Lipinski definition) is 3. The van der Waals surface area contributed by atoms with Gasteiger partial charge in [0.15, 0.2) is 0 Å². The highest BCUT2D eigenvalue weighted by atomic mass is 32.1. The first-order valence-electron chi connectivity index (χ1n) is 15.9. The van der Waals surface area contributed by atoms with E-state index in [4.69, 9.17) is 4.42 Å². The van der Waals surface area contributed by atoms with Gasteiger partial charge in [0, 0.05) is 48.0 Å². The van der Waals surface area contributed by atoms with Gasteiger partial charge in [0.25, 0.3) is 0 Å². The van der Waals surface area contributed by atoms with Crippen molar-refractivity contribution in [1.29, 1.82) is 0 Å². The van der Waals surface area contributed by atoms with Gasteiger partial charge in [0.05, 0.1) is 0 Å². The second-order valence-corrected chi connectivity index (χ2v) is 13.1. The Labute approximate surface area is 275 Å². The van der Waals surface area contributed by atoms with E-state index in [0.717, 1.165) is 28.2 Å². The van der Waals surface area contributed by atoms with Crippen LogP contribution in [0.25, 0.3) is 74.8 Å². The SMILES string of the molecule is c1ccc(N(c2ccc(-c3cccc4c3sc3c4ccc4oc5ccccc5c43)cc2)c2ccc3ccc4ccccc4c3c2)cc1. The summed E-state index contributed by atoms with van der Waals surface area (Å²) in [5.41, 5.74) is 7.72. The Morgan fingerprint density at radius 2 is 1.06 bits per heavy atom. The van der Waals surface area contributed by atoms with E-state index in [1.54, 1.807) is 0 Å². The molecule has 47 heavy (non-hydrogen) atoms. The molecule has 0 fully saturated rings. The van der Waals surface area contributed by atoms with Crippen molar-refractivity contribution in [2.75, 3.05) is 4.90 Å². The molecule has 0 bridgehead atoms. The molecule has 0 saturated carbocycles. The summed E-state index contributed by atoms with van der Waals surface area (Å²) in [5, 5.41) is 9.98. The van der Waals surface area contributed by atoms with Gasteiger partial charge in [-0.15, -0.1) is 11.3 Å². The molecule has 3 heteroatoms. The average molecular weight is 618 g/mol. The van der Waals surface area contributed by atoms with Gasteiger partial charge in [-0.2, -0.15) is 0 Å². The molecule has 0 N–H and O–H groups in total. The molecule has 10 rings (SSSR count). The highest BCUT2D eigenvalue weighted by molar-refractivity contribution is 7.27. The van der Waals surface area contributed by atoms with E-state index < -0.39 is 0 Å². The molecule has 0 atom stereocenters. The van der Waals surface area contributed by atoms with Crippen LogP contribution in [-0.2, 0) is 0 Å². The predicted molar refractivity (Wildman–Crippen MR) is 202 cm³/mol. The van der Waals surface area contributed by atoms with Gasteiger partial charge < -0.3 is 9.32 Å². The van der Waals surface area contributed by atoms with Gasteiger partial charge in [-0.25, -0.2) is 0 Å². The van der Waals surface area contributed by atoms with Gasteiger partial charge in [-0.05, 0) is 87.3 Å². The van der Waals surface area contributed by atoms with Gasteiger partial charge in [-0.1, -0.05) is 109 Å². The summed E-state index contributed by atoms with van der Waals surface area (Å²) in [6.45, 7) is 0. The van der Waals surface area contributed by atoms with Crippen LogP contribution in [0.4, 0.5) is 17.1 Å². The maximum absolute atomic E-state index is 6.23. The number of furan rings is 1. The monoisotopic (exact) mass is 617 g/mol. The zero-order valence-electron chi connectivity index (χ0n) is 25.4. The van der Waals surface area contributed by atoms with Crippen molar-refractivity contribution in [1.82, 2.24) is 0 Å². The van der Waals surface area contributed by atoms with E-state index in [1.807, 2.05) is 17.4 Å². The molecule has 0 aliphatic heterocycles. The number of hydrogen-bond donors (Lipinski definition) is 0. The number of para-hydroxylation sites is 2. The average Bonchev–Trinajstić information content (AvgIpc) is 3.71. The first-order chi connectivity index (χ1) is 23.3. The zero-order chi connectivity index (χ0) is 30.9. The van der Waals surface area contributed by atoms with E-state index in [1.165, 1.54) is 63.6 Å². The summed E-state index contributed by atoms with van der Waals surface area (Å²) in [7, 11) is 0. The van der Waals surface area contributed by atoms with Crippen LogP contribution < -0.4 is 4.90 Å². The van der Waals surface area contributed by atoms with Crippen LogP contribution in [0, 0.1) is 0 Å². The van der Waals surface area contributed by atoms with Crippen LogP contribution in [0.3, 0.4) is 0 Å². The lowest BCUT2D eigenvalue weighted by atomic mass is 10.00. The van der Waals surface area contributed by atoms with E-state index in [-0.39, 0.29) is 0 Å². The summed E-state index contributed by atoms with van der Waals surface area (Å²) >= 11 is 1.87. The molecular formula is C44H27NOS. The zero-order valence-corrected chi connectivity index (χ0v) is 26.2. The van der Waals surface area contributed by atoms with Crippen LogP contribution >= 0.6 is 11.3 Å². The summed E-state index contributed by atoms with van der Waals surface area (Å²) in [4.78, 5) is 2.35. The summed E-state index contributed by atoms with van der Waals surface area (Å²) in [6.07, 6.45) is 0. The minimum absolute atomic E-state index is 0.936. The normalized spacial score (nSPS) is 11.8. The standard InChI is InChI=1S/C44H27NOS/c1-2-10-31(11-3-1)45(33-24-21-30-18-17-28-9-4-5-12-34(28)39(30)27-33)32-22-19-29(20-23-32)35-14-8-15-36-37-25-26-41-42(44(37)47-43(35)36)38-13-6-7-16-40(38)46-41/h1-27H. The van der Waals surface area contributed by atoms with Gasteiger partial charge >= 0.3 is 0 Å². The first-order valence-corrected chi connectivity index (χ1v) is 16.7. The maximum atomic E-state index is 6.23. The maximum Gasteiger partial charge on any atom is 0.136 e. The van der Waals surface area contributed by atoms with Gasteiger partial charge in [-0.3, -0.25) is 0 Å². The lowest BCUT2D eigenvalue weighted by Crippen LogP contribution is -2.09. The Morgan fingerprint density at radius 3 is 1.94 bits per heavy atom. The van der Waals surface area contributed by atoms with Crippen molar-refractivity contribution in [2.24, 2.45) is 0 Å². The van der Waals surface area contributed by atoms with Gasteiger partial charge in [0.2, 0.25) is 0 Å². The molecule has 2 aromatic heterocycles. The number of anilines is 3. The summed E-state index contributed by atoms with van der Waals surface area (Å²) in [6, 6.07) is 58.9. The molecule has 8 aromatic carbocycles. The molecule has 0 aliphatic rings. The fraction of sp³-hybridized carbons (Fsp3) is 0. The molecular weight excluding hydrogens is 591 g/mol. The fourth-order valence-electron chi connectivity index (χ4n) is 7.24. The summed E-state index contributed by atoms with van der Waals surface area (Å²) in [5.74, 6) is 0. The fourth-order valence-corrected chi connectivity index (χ4v) is 8.62. The van der Waals surface area contributed by atoms with Crippen LogP contribution in [-0.4, -0.2) is 0 Å². The highest BCUT2D eigenvalue weighted by Gasteiger charge is 2.18. The molecule has 2 heterocycles. The lowest BCUT2D eigenvalue weighted by Gasteiger charge is -2.26. The van der Waals surface area contributed by atoms with Crippen molar-refractivity contribution >= 4 is 92.1 Å². The Morgan fingerprint density at radius 1 is 0.404 bits per heavy atom. The molecule has 0 aliphatic carbocycles. The largest absolute Gasteiger partial charge is 0.456 e. The van der Waals surface area contributed by atoms with E-state index >= 15 is 0 Å². The van der Waals surface area contributed by atoms with Crippen molar-refractivity contribution in [2.45, 2.75) is 0 Å². The lowest BCUT2D eigenvalue weighted by molar-refractivity contribution is 0.669. The van der Waals surface area contributed by atoms with Crippen LogP contribution in [0.15, 0.2) is 168 Å². The smallest absolute Gasteiger partial charge is 0.136 e. The van der Waals surface area contributed by atoms with Gasteiger partial charge in [0.1, 0.15) is 11.2 Å². The number of rotatable bonds is 4. The van der Waals surface area contributed by atoms with E-state index in [2.05, 4.69) is 163 Å². The van der Waals surface area contributed by atoms with E-state index in [0.29, 0.717) is 0 Å². The molecule has 0 unspecified atom stereocenters. The predicted octanol–water partition coefficient (Wildman–Crippen LogP) is 13.4. The number of fused-ring (bicyclic) bond motifs is 10. The molecule has 0 saturated heterocycles. The molecule has 0 amide bonds. The van der Waals surface area contributed by atoms with Crippen molar-refractivity contribution in [3.05, 3.63) is 164 Å². The van der Waals surface area contributed by atoms with Crippen molar-refractivity contribution < 1.29 is 4.42 Å². The van der Waals surface area contributed by atoms with Crippen LogP contribution in [0.2, 0.25) is 0 Å². The molecule has 220 valence electrons. The molecule has 2 nitrogen and oxygen atoms in total. The molecule has 0 spiro atoms. The van der Waals surface area contributed by atoms with E-state index in [9.17, 15) is 0 Å². The topological polar surface area (TPSA) is 16.4 Å². The minimum Gasteiger partial charge on any atom is -0.456 e. The second kappa shape index (κ2) is 10.3. The summed E-state index contributed by atoms with van der Waals surface area (Å²) < 4.78 is 8.81. The Hall–Kier alpha value is -5.90. The van der Waals surface area contributed by atoms with Crippen molar-refractivity contribution in [3.8, 4) is 11.1 Å². The second-order valence-electron chi connectivity index (χ2n) is 12.1. The van der Waals surface area contributed by atoms with Crippen molar-refractivity contribution in [3.63, 3.8) is 0 Å². The number of benzene rings is 8. The number of nitrogens with zero attached hydrogens (tertiary/aromatic N) is 1. The molecule has 10 aromatic rings. The quantitative estimate of drug-likeness (QED) is 0.183. The van der Waals surface area contributed by atoms with Crippen LogP contribution in [0.1, 0.15) is 0 Å². The first kappa shape index (κ1) is 26.3. The molecule has 0 radical (unpaired) electrons. The Bertz CT molecular complexity index is 2790.